The summed E-state index contributed by atoms with van der Waals surface area (Å²) in [4.78, 5) is 18.0. The molecule has 3 unspecified atom stereocenters. The minimum atomic E-state index is -2.98. The summed E-state index contributed by atoms with van der Waals surface area (Å²) in [6, 6.07) is 20.8. The molecule has 3 aromatic carbocycles. The lowest BCUT2D eigenvalue weighted by Gasteiger charge is -2.36. The molecule has 254 valence electrons. The van der Waals surface area contributed by atoms with E-state index < -0.39 is 17.8 Å². The standard InChI is InChI=1S/C39H48F4N2O2/c1-27(2)37(38(46)47-26-29-8-5-4-6-9-29)44(3)35-23-31(36(24-35)30-10-7-11-34(41)22-30)25-45-20-17-28(18-21-45)16-19-39(42,43)32-12-14-33(40)15-13-32/h4-15,22,27-28,31,35-37H,16-21,23-26H2,1-3H3/t31?,35?,36?,37-/m1/s1. The number of carbonyl (C=O) groups is 1. The second kappa shape index (κ2) is 15.8. The van der Waals surface area contributed by atoms with Gasteiger partial charge in [-0.3, -0.25) is 9.69 Å². The Bertz CT molecular complexity index is 1430. The number of ether oxygens (including phenoxy) is 1. The van der Waals surface area contributed by atoms with E-state index in [0.29, 0.717) is 6.42 Å². The number of esters is 1. The number of hydrogen-bond acceptors (Lipinski definition) is 4. The van der Waals surface area contributed by atoms with E-state index in [4.69, 9.17) is 4.74 Å². The van der Waals surface area contributed by atoms with Crippen LogP contribution in [0, 0.1) is 29.4 Å². The molecule has 8 heteroatoms. The van der Waals surface area contributed by atoms with Gasteiger partial charge in [0.2, 0.25) is 0 Å². The second-order valence-electron chi connectivity index (χ2n) is 14.0. The Morgan fingerprint density at radius 3 is 2.30 bits per heavy atom. The van der Waals surface area contributed by atoms with Crippen molar-refractivity contribution in [2.45, 2.75) is 82.9 Å². The van der Waals surface area contributed by atoms with Gasteiger partial charge < -0.3 is 9.64 Å². The molecule has 1 saturated carbocycles. The van der Waals surface area contributed by atoms with E-state index in [9.17, 15) is 22.4 Å². The van der Waals surface area contributed by atoms with E-state index in [-0.39, 0.29) is 60.1 Å². The lowest BCUT2D eigenvalue weighted by atomic mass is 9.86. The highest BCUT2D eigenvalue weighted by molar-refractivity contribution is 5.76. The molecule has 0 bridgehead atoms. The number of halogens is 4. The van der Waals surface area contributed by atoms with Crippen molar-refractivity contribution in [2.24, 2.45) is 17.8 Å². The Labute approximate surface area is 277 Å². The zero-order valence-electron chi connectivity index (χ0n) is 27.8. The van der Waals surface area contributed by atoms with Gasteiger partial charge in [0.15, 0.2) is 0 Å². The topological polar surface area (TPSA) is 32.8 Å². The Morgan fingerprint density at radius 2 is 1.64 bits per heavy atom. The van der Waals surface area contributed by atoms with Crippen molar-refractivity contribution < 1.29 is 27.1 Å². The Hall–Kier alpha value is -3.23. The molecular formula is C39H48F4N2O2. The first-order valence-electron chi connectivity index (χ1n) is 17.0. The number of piperidine rings is 1. The van der Waals surface area contributed by atoms with Crippen molar-refractivity contribution in [1.29, 1.82) is 0 Å². The maximum atomic E-state index is 14.8. The Balaban J connectivity index is 1.20. The van der Waals surface area contributed by atoms with Gasteiger partial charge in [-0.1, -0.05) is 68.4 Å². The highest BCUT2D eigenvalue weighted by Gasteiger charge is 2.42. The molecule has 5 rings (SSSR count). The maximum Gasteiger partial charge on any atom is 0.323 e. The first kappa shape index (κ1) is 35.1. The fourth-order valence-electron chi connectivity index (χ4n) is 7.74. The minimum Gasteiger partial charge on any atom is -0.460 e. The van der Waals surface area contributed by atoms with Gasteiger partial charge >= 0.3 is 5.97 Å². The van der Waals surface area contributed by atoms with Gasteiger partial charge in [0, 0.05) is 24.6 Å². The molecule has 1 aliphatic carbocycles. The highest BCUT2D eigenvalue weighted by atomic mass is 19.3. The predicted molar refractivity (Wildman–Crippen MR) is 177 cm³/mol. The third-order valence-electron chi connectivity index (χ3n) is 10.4. The molecule has 0 radical (unpaired) electrons. The van der Waals surface area contributed by atoms with Gasteiger partial charge in [0.25, 0.3) is 5.92 Å². The van der Waals surface area contributed by atoms with Crippen LogP contribution in [-0.4, -0.2) is 54.5 Å². The van der Waals surface area contributed by atoms with Crippen LogP contribution in [0.2, 0.25) is 0 Å². The van der Waals surface area contributed by atoms with Crippen LogP contribution in [0.5, 0.6) is 0 Å². The number of carbonyl (C=O) groups excluding carboxylic acids is 1. The van der Waals surface area contributed by atoms with Crippen LogP contribution in [0.4, 0.5) is 17.6 Å². The summed E-state index contributed by atoms with van der Waals surface area (Å²) >= 11 is 0. The molecule has 0 spiro atoms. The Morgan fingerprint density at radius 1 is 0.936 bits per heavy atom. The summed E-state index contributed by atoms with van der Waals surface area (Å²) in [5, 5.41) is 0. The summed E-state index contributed by atoms with van der Waals surface area (Å²) in [5.41, 5.74) is 1.80. The largest absolute Gasteiger partial charge is 0.460 e. The van der Waals surface area contributed by atoms with Crippen molar-refractivity contribution in [3.05, 3.63) is 107 Å². The zero-order chi connectivity index (χ0) is 33.6. The highest BCUT2D eigenvalue weighted by Crippen LogP contribution is 2.44. The van der Waals surface area contributed by atoms with Crippen molar-refractivity contribution in [2.75, 3.05) is 26.7 Å². The minimum absolute atomic E-state index is 0.0457. The van der Waals surface area contributed by atoms with E-state index in [1.54, 1.807) is 12.1 Å². The molecule has 1 aliphatic heterocycles. The molecule has 0 N–H and O–H groups in total. The van der Waals surface area contributed by atoms with Crippen molar-refractivity contribution >= 4 is 5.97 Å². The second-order valence-corrected chi connectivity index (χ2v) is 14.0. The van der Waals surface area contributed by atoms with Gasteiger partial charge in [0.05, 0.1) is 0 Å². The molecular weight excluding hydrogens is 604 g/mol. The van der Waals surface area contributed by atoms with E-state index in [0.717, 1.165) is 68.6 Å². The summed E-state index contributed by atoms with van der Waals surface area (Å²) in [5.74, 6) is -3.31. The number of likely N-dealkylation sites (tertiary alicyclic amines) is 1. The van der Waals surface area contributed by atoms with E-state index in [1.165, 1.54) is 18.2 Å². The molecule has 1 saturated heterocycles. The normalized spacial score (nSPS) is 21.8. The molecule has 2 aliphatic rings. The fourth-order valence-corrected chi connectivity index (χ4v) is 7.74. The lowest BCUT2D eigenvalue weighted by Crippen LogP contribution is -2.48. The fraction of sp³-hybridized carbons (Fsp3) is 0.513. The first-order valence-corrected chi connectivity index (χ1v) is 17.0. The van der Waals surface area contributed by atoms with Gasteiger partial charge in [-0.05, 0) is 111 Å². The maximum absolute atomic E-state index is 14.8. The average Bonchev–Trinajstić information content (AvgIpc) is 3.48. The number of nitrogens with zero attached hydrogens (tertiary/aromatic N) is 2. The van der Waals surface area contributed by atoms with Crippen LogP contribution >= 0.6 is 0 Å². The first-order chi connectivity index (χ1) is 22.5. The van der Waals surface area contributed by atoms with Crippen LogP contribution in [0.1, 0.15) is 75.0 Å². The number of benzene rings is 3. The van der Waals surface area contributed by atoms with Crippen molar-refractivity contribution in [3.8, 4) is 0 Å². The third kappa shape index (κ3) is 9.23. The predicted octanol–water partition coefficient (Wildman–Crippen LogP) is 8.81. The van der Waals surface area contributed by atoms with E-state index >= 15 is 0 Å². The molecule has 0 amide bonds. The van der Waals surface area contributed by atoms with Crippen LogP contribution in [0.15, 0.2) is 78.9 Å². The van der Waals surface area contributed by atoms with Gasteiger partial charge in [0.1, 0.15) is 24.3 Å². The van der Waals surface area contributed by atoms with Gasteiger partial charge in [-0.15, -0.1) is 0 Å². The summed E-state index contributed by atoms with van der Waals surface area (Å²) < 4.78 is 63.0. The lowest BCUT2D eigenvalue weighted by molar-refractivity contribution is -0.153. The van der Waals surface area contributed by atoms with Crippen LogP contribution in [0.3, 0.4) is 0 Å². The SMILES string of the molecule is CC(C)[C@H](C(=O)OCc1ccccc1)N(C)C1CC(CN2CCC(CCC(F)(F)c3ccc(F)cc3)CC2)C(c2cccc(F)c2)C1. The van der Waals surface area contributed by atoms with Gasteiger partial charge in [-0.2, -0.15) is 0 Å². The number of likely N-dealkylation sites (N-methyl/N-ethyl adjacent to an activating group) is 1. The quantitative estimate of drug-likeness (QED) is 0.137. The molecule has 1 heterocycles. The number of alkyl halides is 2. The molecule has 2 fully saturated rings. The van der Waals surface area contributed by atoms with Crippen molar-refractivity contribution in [1.82, 2.24) is 9.80 Å². The molecule has 0 aromatic heterocycles. The third-order valence-corrected chi connectivity index (χ3v) is 10.4. The molecule has 4 nitrogen and oxygen atoms in total. The molecule has 3 aromatic rings. The van der Waals surface area contributed by atoms with E-state index in [2.05, 4.69) is 9.80 Å². The molecule has 47 heavy (non-hydrogen) atoms. The van der Waals surface area contributed by atoms with Crippen LogP contribution in [-0.2, 0) is 22.1 Å². The van der Waals surface area contributed by atoms with Crippen LogP contribution in [0.25, 0.3) is 0 Å². The van der Waals surface area contributed by atoms with Crippen molar-refractivity contribution in [3.63, 3.8) is 0 Å². The number of hydrogen-bond donors (Lipinski definition) is 0. The summed E-state index contributed by atoms with van der Waals surface area (Å²) in [7, 11) is 2.01. The van der Waals surface area contributed by atoms with E-state index in [1.807, 2.05) is 57.3 Å². The summed E-state index contributed by atoms with van der Waals surface area (Å²) in [6.45, 7) is 6.83. The monoisotopic (exact) mass is 652 g/mol. The van der Waals surface area contributed by atoms with Gasteiger partial charge in [-0.25, -0.2) is 17.6 Å². The average molecular weight is 653 g/mol. The van der Waals surface area contributed by atoms with Crippen LogP contribution < -0.4 is 0 Å². The summed E-state index contributed by atoms with van der Waals surface area (Å²) in [6.07, 6.45) is 3.57. The zero-order valence-corrected chi connectivity index (χ0v) is 27.8. The molecule has 4 atom stereocenters. The number of rotatable bonds is 13. The Kier molecular flexibility index (Phi) is 11.8. The smallest absolute Gasteiger partial charge is 0.323 e.